The Morgan fingerprint density at radius 1 is 1.03 bits per heavy atom. The molecule has 0 spiro atoms. The summed E-state index contributed by atoms with van der Waals surface area (Å²) in [5.41, 5.74) is -4.90. The third kappa shape index (κ3) is 4.36. The van der Waals surface area contributed by atoms with Gasteiger partial charge in [-0.2, -0.15) is 26.3 Å². The Labute approximate surface area is 179 Å². The van der Waals surface area contributed by atoms with Crippen LogP contribution in [0.3, 0.4) is 0 Å². The molecule has 0 radical (unpaired) electrons. The molecule has 1 saturated heterocycles. The van der Waals surface area contributed by atoms with E-state index in [-0.39, 0.29) is 28.3 Å². The molecule has 31 heavy (non-hydrogen) atoms. The predicted molar refractivity (Wildman–Crippen MR) is 101 cm³/mol. The van der Waals surface area contributed by atoms with Crippen LogP contribution in [0.15, 0.2) is 48.8 Å². The molecule has 1 fully saturated rings. The number of amides is 1. The van der Waals surface area contributed by atoms with E-state index in [9.17, 15) is 31.1 Å². The average Bonchev–Trinajstić information content (AvgIpc) is 2.71. The number of nitrogens with zero attached hydrogens (tertiary/aromatic N) is 2. The second kappa shape index (κ2) is 8.66. The van der Waals surface area contributed by atoms with E-state index in [4.69, 9.17) is 11.6 Å². The summed E-state index contributed by atoms with van der Waals surface area (Å²) < 4.78 is 85.8. The van der Waals surface area contributed by atoms with E-state index in [0.29, 0.717) is 6.42 Å². The molecule has 0 aliphatic carbocycles. The van der Waals surface area contributed by atoms with Gasteiger partial charge in [-0.15, -0.1) is 0 Å². The summed E-state index contributed by atoms with van der Waals surface area (Å²) in [6.07, 6.45) is -8.57. The van der Waals surface area contributed by atoms with Crippen LogP contribution in [-0.4, -0.2) is 40.4 Å². The first kappa shape index (κ1) is 23.3. The fourth-order valence-corrected chi connectivity index (χ4v) is 4.05. The van der Waals surface area contributed by atoms with Gasteiger partial charge in [0.05, 0.1) is 10.6 Å². The molecule has 2 heterocycles. The molecule has 1 atom stereocenters. The zero-order chi connectivity index (χ0) is 22.9. The van der Waals surface area contributed by atoms with Crippen molar-refractivity contribution in [1.82, 2.24) is 15.2 Å². The molecule has 1 aliphatic heterocycles. The highest BCUT2D eigenvalue weighted by Gasteiger charge is 2.76. The molecule has 3 rings (SSSR count). The number of likely N-dealkylation sites (tertiary alicyclic amines) is 1. The molecule has 11 heteroatoms. The Balaban J connectivity index is 2.15. The number of halogens is 7. The zero-order valence-corrected chi connectivity index (χ0v) is 16.7. The summed E-state index contributed by atoms with van der Waals surface area (Å²) in [7, 11) is 0. The largest absolute Gasteiger partial charge is 0.434 e. The second-order valence-corrected chi connectivity index (χ2v) is 7.54. The van der Waals surface area contributed by atoms with Crippen LogP contribution in [0.1, 0.15) is 41.2 Å². The van der Waals surface area contributed by atoms with Crippen molar-refractivity contribution in [3.05, 3.63) is 64.9 Å². The molecule has 168 valence electrons. The van der Waals surface area contributed by atoms with Crippen LogP contribution in [0.5, 0.6) is 0 Å². The van der Waals surface area contributed by atoms with Gasteiger partial charge in [0.1, 0.15) is 0 Å². The monoisotopic (exact) mass is 465 g/mol. The molecule has 1 aromatic carbocycles. The maximum Gasteiger partial charge on any atom is 0.434 e. The number of pyridine rings is 1. The Kier molecular flexibility index (Phi) is 6.52. The number of piperidine rings is 1. The third-order valence-electron chi connectivity index (χ3n) is 5.24. The number of aromatic nitrogens is 1. The Morgan fingerprint density at radius 3 is 2.29 bits per heavy atom. The molecule has 2 aromatic rings. The van der Waals surface area contributed by atoms with E-state index in [0.717, 1.165) is 6.07 Å². The van der Waals surface area contributed by atoms with E-state index in [2.05, 4.69) is 4.98 Å². The number of rotatable bonds is 4. The normalized spacial score (nSPS) is 18.6. The lowest BCUT2D eigenvalue weighted by Gasteiger charge is -2.50. The summed E-state index contributed by atoms with van der Waals surface area (Å²) in [5.74, 6) is -1.57. The lowest BCUT2D eigenvalue weighted by Crippen LogP contribution is -2.77. The Hall–Kier alpha value is -2.33. The van der Waals surface area contributed by atoms with Gasteiger partial charge in [-0.25, -0.2) is 0 Å². The van der Waals surface area contributed by atoms with Crippen LogP contribution >= 0.6 is 11.6 Å². The van der Waals surface area contributed by atoms with Crippen molar-refractivity contribution in [2.24, 2.45) is 0 Å². The highest BCUT2D eigenvalue weighted by molar-refractivity contribution is 6.33. The highest BCUT2D eigenvalue weighted by atomic mass is 35.5. The fourth-order valence-electron chi connectivity index (χ4n) is 3.83. The van der Waals surface area contributed by atoms with E-state index >= 15 is 0 Å². The van der Waals surface area contributed by atoms with Crippen molar-refractivity contribution in [1.29, 1.82) is 0 Å². The van der Waals surface area contributed by atoms with Gasteiger partial charge in [-0.3, -0.25) is 14.7 Å². The van der Waals surface area contributed by atoms with Crippen molar-refractivity contribution < 1.29 is 31.1 Å². The first-order valence-corrected chi connectivity index (χ1v) is 9.74. The molecule has 0 unspecified atom stereocenters. The van der Waals surface area contributed by atoms with Gasteiger partial charge in [0.2, 0.25) is 0 Å². The number of alkyl halides is 6. The lowest BCUT2D eigenvalue weighted by molar-refractivity contribution is -0.356. The van der Waals surface area contributed by atoms with Crippen molar-refractivity contribution in [2.75, 3.05) is 6.54 Å². The summed E-state index contributed by atoms with van der Waals surface area (Å²) >= 11 is 5.84. The number of hydrogen-bond donors (Lipinski definition) is 1. The summed E-state index contributed by atoms with van der Waals surface area (Å²) in [6, 6.07) is 6.57. The topological polar surface area (TPSA) is 45.2 Å². The Bertz CT molecular complexity index is 905. The fraction of sp³-hybridized carbons (Fsp3) is 0.400. The van der Waals surface area contributed by atoms with E-state index < -0.39 is 42.1 Å². The number of hydrogen-bond acceptors (Lipinski definition) is 3. The standard InChI is InChI=1S/C20H18ClF6N3O/c21-15-8-2-1-7-14(15)17(31)29-18(19(22,23)24,20(25,26)27)30-11-4-3-9-16(30)13-6-5-10-28-12-13/h1-2,5-8,10,12,16H,3-4,9,11H2,(H,29,31)/t16-/m1/s1. The van der Waals surface area contributed by atoms with Crippen molar-refractivity contribution in [3.63, 3.8) is 0 Å². The van der Waals surface area contributed by atoms with Crippen LogP contribution in [0.2, 0.25) is 5.02 Å². The Morgan fingerprint density at radius 2 is 1.71 bits per heavy atom. The van der Waals surface area contributed by atoms with Crippen LogP contribution in [0.25, 0.3) is 0 Å². The molecular formula is C20H18ClF6N3O. The van der Waals surface area contributed by atoms with Crippen LogP contribution < -0.4 is 5.32 Å². The van der Waals surface area contributed by atoms with E-state index in [1.807, 2.05) is 0 Å². The molecule has 0 bridgehead atoms. The van der Waals surface area contributed by atoms with Crippen molar-refractivity contribution in [2.45, 2.75) is 43.3 Å². The second-order valence-electron chi connectivity index (χ2n) is 7.13. The average molecular weight is 466 g/mol. The minimum Gasteiger partial charge on any atom is -0.318 e. The van der Waals surface area contributed by atoms with Gasteiger partial charge in [0, 0.05) is 25.0 Å². The van der Waals surface area contributed by atoms with Gasteiger partial charge in [-0.05, 0) is 36.6 Å². The number of benzene rings is 1. The molecular weight excluding hydrogens is 448 g/mol. The van der Waals surface area contributed by atoms with Crippen molar-refractivity contribution >= 4 is 17.5 Å². The van der Waals surface area contributed by atoms with Gasteiger partial charge < -0.3 is 5.32 Å². The maximum atomic E-state index is 14.3. The quantitative estimate of drug-likeness (QED) is 0.605. The van der Waals surface area contributed by atoms with Gasteiger partial charge in [0.15, 0.2) is 0 Å². The van der Waals surface area contributed by atoms with Gasteiger partial charge >= 0.3 is 12.4 Å². The molecule has 4 nitrogen and oxygen atoms in total. The smallest absolute Gasteiger partial charge is 0.318 e. The summed E-state index contributed by atoms with van der Waals surface area (Å²) in [4.78, 5) is 16.7. The summed E-state index contributed by atoms with van der Waals surface area (Å²) in [6.45, 7) is -0.526. The first-order valence-electron chi connectivity index (χ1n) is 9.36. The van der Waals surface area contributed by atoms with E-state index in [1.54, 1.807) is 0 Å². The lowest BCUT2D eigenvalue weighted by atomic mass is 9.91. The zero-order valence-electron chi connectivity index (χ0n) is 16.0. The highest BCUT2D eigenvalue weighted by Crippen LogP contribution is 2.50. The minimum absolute atomic E-state index is 0.0432. The minimum atomic E-state index is -5.88. The molecule has 0 saturated carbocycles. The predicted octanol–water partition coefficient (Wildman–Crippen LogP) is 5.51. The molecule has 1 aromatic heterocycles. The number of carbonyl (C=O) groups excluding carboxylic acids is 1. The van der Waals surface area contributed by atoms with Crippen LogP contribution in [0, 0.1) is 0 Å². The van der Waals surface area contributed by atoms with Gasteiger partial charge in [0.25, 0.3) is 11.6 Å². The summed E-state index contributed by atoms with van der Waals surface area (Å²) in [5, 5.41) is 1.01. The van der Waals surface area contributed by atoms with Crippen LogP contribution in [0.4, 0.5) is 26.3 Å². The first-order chi connectivity index (χ1) is 14.5. The van der Waals surface area contributed by atoms with E-state index in [1.165, 1.54) is 48.0 Å². The van der Waals surface area contributed by atoms with Gasteiger partial charge in [-0.1, -0.05) is 36.2 Å². The third-order valence-corrected chi connectivity index (χ3v) is 5.57. The SMILES string of the molecule is O=C(NC(N1CCCC[C@@H]1c1cccnc1)(C(F)(F)F)C(F)(F)F)c1ccccc1Cl. The number of nitrogens with one attached hydrogen (secondary N) is 1. The van der Waals surface area contributed by atoms with Crippen molar-refractivity contribution in [3.8, 4) is 0 Å². The number of carbonyl (C=O) groups is 1. The molecule has 1 amide bonds. The molecule has 1 N–H and O–H groups in total. The molecule has 1 aliphatic rings. The maximum absolute atomic E-state index is 14.3. The van der Waals surface area contributed by atoms with Crippen LogP contribution in [-0.2, 0) is 0 Å².